The molecule has 0 saturated heterocycles. The molecule has 0 aliphatic heterocycles. The van der Waals surface area contributed by atoms with E-state index in [9.17, 15) is 22.7 Å². The summed E-state index contributed by atoms with van der Waals surface area (Å²) >= 11 is 1.02. The second-order valence-electron chi connectivity index (χ2n) is 7.91. The number of ether oxygens (including phenoxy) is 2. The molecule has 3 N–H and O–H groups in total. The summed E-state index contributed by atoms with van der Waals surface area (Å²) in [5.74, 6) is -0.218. The maximum Gasteiger partial charge on any atom is 0.419 e. The number of unbranched alkanes of at least 4 members (excludes halogenated alkanes) is 2. The number of aliphatic hydroxyl groups excluding tert-OH is 1. The van der Waals surface area contributed by atoms with Crippen molar-refractivity contribution >= 4 is 11.3 Å². The molecule has 0 saturated carbocycles. The van der Waals surface area contributed by atoms with Crippen LogP contribution in [0.3, 0.4) is 0 Å². The predicted molar refractivity (Wildman–Crippen MR) is 120 cm³/mol. The monoisotopic (exact) mass is 499 g/mol. The molecule has 11 heteroatoms. The van der Waals surface area contributed by atoms with E-state index in [-0.39, 0.29) is 35.4 Å². The van der Waals surface area contributed by atoms with Crippen LogP contribution in [0.2, 0.25) is 0 Å². The van der Waals surface area contributed by atoms with Crippen molar-refractivity contribution in [2.45, 2.75) is 37.9 Å². The fourth-order valence-electron chi connectivity index (χ4n) is 2.96. The van der Waals surface area contributed by atoms with Gasteiger partial charge in [-0.2, -0.15) is 13.2 Å². The molecule has 3 aromatic rings. The fourth-order valence-corrected chi connectivity index (χ4v) is 3.85. The van der Waals surface area contributed by atoms with Crippen molar-refractivity contribution in [2.75, 3.05) is 19.8 Å². The molecule has 34 heavy (non-hydrogen) atoms. The Morgan fingerprint density at radius 2 is 1.74 bits per heavy atom. The lowest BCUT2D eigenvalue weighted by atomic mass is 10.1. The lowest BCUT2D eigenvalue weighted by molar-refractivity contribution is -0.138. The summed E-state index contributed by atoms with van der Waals surface area (Å²) in [6.07, 6.45) is -2.77. The number of aromatic nitrogens is 2. The van der Waals surface area contributed by atoms with Crippen LogP contribution in [0.5, 0.6) is 11.5 Å². The molecule has 0 fully saturated rings. The largest absolute Gasteiger partial charge is 0.493 e. The van der Waals surface area contributed by atoms with Gasteiger partial charge in [-0.1, -0.05) is 17.4 Å². The first-order valence-corrected chi connectivity index (χ1v) is 11.4. The average Bonchev–Trinajstić information content (AvgIpc) is 3.29. The molecular formula is C23H25F4N3O3S. The Kier molecular flexibility index (Phi) is 8.45. The quantitative estimate of drug-likeness (QED) is 0.280. The van der Waals surface area contributed by atoms with Crippen molar-refractivity contribution in [1.82, 2.24) is 10.2 Å². The summed E-state index contributed by atoms with van der Waals surface area (Å²) in [5.41, 5.74) is 4.11. The van der Waals surface area contributed by atoms with Gasteiger partial charge in [-0.15, -0.1) is 10.2 Å². The van der Waals surface area contributed by atoms with Crippen LogP contribution in [0.4, 0.5) is 17.6 Å². The average molecular weight is 500 g/mol. The standard InChI is InChI=1S/C23H25F4N3O3S/c1-22(28,14-31)21-30-29-20(34-21)15-8-9-19(18(12-15)23(25,26)27)33-11-4-2-3-10-32-17-7-5-6-16(24)13-17/h5-9,12-13,31H,2-4,10-11,14,28H2,1H3/t22-/m0/s1. The number of halogens is 4. The number of hydrogen-bond acceptors (Lipinski definition) is 7. The van der Waals surface area contributed by atoms with Crippen LogP contribution in [-0.4, -0.2) is 35.1 Å². The molecule has 0 radical (unpaired) electrons. The molecule has 0 spiro atoms. The topological polar surface area (TPSA) is 90.5 Å². The van der Waals surface area contributed by atoms with Crippen LogP contribution < -0.4 is 15.2 Å². The lowest BCUT2D eigenvalue weighted by Gasteiger charge is -2.17. The van der Waals surface area contributed by atoms with E-state index in [1.807, 2.05) is 0 Å². The van der Waals surface area contributed by atoms with E-state index in [0.717, 1.165) is 17.4 Å². The predicted octanol–water partition coefficient (Wildman–Crippen LogP) is 5.16. The normalized spacial score (nSPS) is 13.5. The molecule has 0 amide bonds. The number of nitrogens with two attached hydrogens (primary N) is 1. The summed E-state index contributed by atoms with van der Waals surface area (Å²) in [6.45, 7) is 1.66. The number of rotatable bonds is 11. The van der Waals surface area contributed by atoms with Gasteiger partial charge in [-0.05, 0) is 56.5 Å². The van der Waals surface area contributed by atoms with Gasteiger partial charge in [0.2, 0.25) is 0 Å². The van der Waals surface area contributed by atoms with Gasteiger partial charge in [0, 0.05) is 11.6 Å². The Morgan fingerprint density at radius 1 is 1.00 bits per heavy atom. The molecule has 1 atom stereocenters. The number of hydrogen-bond donors (Lipinski definition) is 2. The Labute approximate surface area is 198 Å². The van der Waals surface area contributed by atoms with Crippen LogP contribution in [0.15, 0.2) is 42.5 Å². The smallest absolute Gasteiger partial charge is 0.419 e. The van der Waals surface area contributed by atoms with E-state index in [1.165, 1.54) is 24.3 Å². The van der Waals surface area contributed by atoms with Gasteiger partial charge < -0.3 is 20.3 Å². The highest BCUT2D eigenvalue weighted by atomic mass is 32.1. The van der Waals surface area contributed by atoms with Crippen molar-refractivity contribution < 1.29 is 32.1 Å². The van der Waals surface area contributed by atoms with Crippen molar-refractivity contribution in [2.24, 2.45) is 5.73 Å². The fraction of sp³-hybridized carbons (Fsp3) is 0.391. The molecule has 0 aliphatic rings. The molecule has 0 aliphatic carbocycles. The third-order valence-electron chi connectivity index (χ3n) is 4.88. The minimum absolute atomic E-state index is 0.105. The van der Waals surface area contributed by atoms with E-state index in [4.69, 9.17) is 15.2 Å². The molecule has 6 nitrogen and oxygen atoms in total. The Balaban J connectivity index is 1.56. The Morgan fingerprint density at radius 3 is 2.41 bits per heavy atom. The zero-order valence-electron chi connectivity index (χ0n) is 18.4. The van der Waals surface area contributed by atoms with Gasteiger partial charge in [0.25, 0.3) is 0 Å². The van der Waals surface area contributed by atoms with E-state index >= 15 is 0 Å². The molecule has 0 bridgehead atoms. The van der Waals surface area contributed by atoms with E-state index in [2.05, 4.69) is 10.2 Å². The van der Waals surface area contributed by atoms with Crippen LogP contribution in [-0.2, 0) is 11.7 Å². The second kappa shape index (κ2) is 11.1. The molecule has 1 heterocycles. The highest BCUT2D eigenvalue weighted by Gasteiger charge is 2.35. The molecule has 184 valence electrons. The van der Waals surface area contributed by atoms with Crippen LogP contribution in [0.1, 0.15) is 36.8 Å². The summed E-state index contributed by atoms with van der Waals surface area (Å²) in [4.78, 5) is 0. The lowest BCUT2D eigenvalue weighted by Crippen LogP contribution is -2.36. The second-order valence-corrected chi connectivity index (χ2v) is 8.89. The van der Waals surface area contributed by atoms with Crippen molar-refractivity contribution in [3.63, 3.8) is 0 Å². The van der Waals surface area contributed by atoms with Gasteiger partial charge in [-0.3, -0.25) is 0 Å². The molecule has 3 rings (SSSR count). The van der Waals surface area contributed by atoms with Gasteiger partial charge in [0.05, 0.1) is 30.9 Å². The van der Waals surface area contributed by atoms with Gasteiger partial charge >= 0.3 is 6.18 Å². The first-order chi connectivity index (χ1) is 16.1. The highest BCUT2D eigenvalue weighted by molar-refractivity contribution is 7.14. The summed E-state index contributed by atoms with van der Waals surface area (Å²) in [7, 11) is 0. The first-order valence-electron chi connectivity index (χ1n) is 10.6. The van der Waals surface area contributed by atoms with Crippen molar-refractivity contribution in [3.8, 4) is 22.1 Å². The van der Waals surface area contributed by atoms with Crippen molar-refractivity contribution in [1.29, 1.82) is 0 Å². The summed E-state index contributed by atoms with van der Waals surface area (Å²) in [6, 6.07) is 9.53. The number of aliphatic hydroxyl groups is 1. The summed E-state index contributed by atoms with van der Waals surface area (Å²) < 4.78 is 64.9. The first kappa shape index (κ1) is 25.9. The van der Waals surface area contributed by atoms with E-state index in [1.54, 1.807) is 19.1 Å². The van der Waals surface area contributed by atoms with Crippen LogP contribution in [0.25, 0.3) is 10.6 Å². The van der Waals surface area contributed by atoms with Crippen LogP contribution in [0, 0.1) is 5.82 Å². The van der Waals surface area contributed by atoms with Gasteiger partial charge in [0.1, 0.15) is 27.3 Å². The third-order valence-corrected chi connectivity index (χ3v) is 6.14. The third kappa shape index (κ3) is 6.87. The number of nitrogens with zero attached hydrogens (tertiary/aromatic N) is 2. The zero-order chi connectivity index (χ0) is 24.8. The molecule has 0 unspecified atom stereocenters. The van der Waals surface area contributed by atoms with E-state index < -0.39 is 17.3 Å². The SMILES string of the molecule is C[C@](N)(CO)c1nnc(-c2ccc(OCCCCCOc3cccc(F)c3)c(C(F)(F)F)c2)s1. The van der Waals surface area contributed by atoms with E-state index in [0.29, 0.717) is 36.6 Å². The Bertz CT molecular complexity index is 1090. The maximum atomic E-state index is 13.6. The number of benzene rings is 2. The zero-order valence-corrected chi connectivity index (χ0v) is 19.3. The highest BCUT2D eigenvalue weighted by Crippen LogP contribution is 2.39. The molecular weight excluding hydrogens is 474 g/mol. The molecule has 1 aromatic heterocycles. The number of alkyl halides is 3. The minimum Gasteiger partial charge on any atom is -0.493 e. The van der Waals surface area contributed by atoms with Gasteiger partial charge in [0.15, 0.2) is 0 Å². The maximum absolute atomic E-state index is 13.6. The van der Waals surface area contributed by atoms with Crippen molar-refractivity contribution in [3.05, 3.63) is 58.9 Å². The minimum atomic E-state index is -4.62. The van der Waals surface area contributed by atoms with Gasteiger partial charge in [-0.25, -0.2) is 4.39 Å². The van der Waals surface area contributed by atoms with Crippen LogP contribution >= 0.6 is 11.3 Å². The Hall–Kier alpha value is -2.76. The summed E-state index contributed by atoms with van der Waals surface area (Å²) in [5, 5.41) is 17.8. The molecule has 2 aromatic carbocycles.